The Bertz CT molecular complexity index is 846. The lowest BCUT2D eigenvalue weighted by molar-refractivity contribution is 0.0683. The minimum atomic E-state index is -0.551. The molecular weight excluding hydrogens is 521 g/mol. The molecule has 11 heteroatoms. The zero-order valence-corrected chi connectivity index (χ0v) is 20.2. The van der Waals surface area contributed by atoms with Gasteiger partial charge in [0.1, 0.15) is 30.0 Å². The molecule has 2 atom stereocenters. The highest BCUT2D eigenvalue weighted by Crippen LogP contribution is 2.26. The molecule has 0 spiro atoms. The minimum Gasteiger partial charge on any atom is -0.371 e. The van der Waals surface area contributed by atoms with Gasteiger partial charge in [0.2, 0.25) is 5.89 Å². The lowest BCUT2D eigenvalue weighted by Crippen LogP contribution is -2.44. The van der Waals surface area contributed by atoms with E-state index in [9.17, 15) is 8.78 Å². The summed E-state index contributed by atoms with van der Waals surface area (Å²) in [4.78, 5) is 10.5. The number of aromatic nitrogens is 2. The molecule has 31 heavy (non-hydrogen) atoms. The Hall–Kier alpha value is -2.02. The first-order chi connectivity index (χ1) is 14.5. The monoisotopic (exact) mass is 550 g/mol. The summed E-state index contributed by atoms with van der Waals surface area (Å²) in [7, 11) is 0. The number of hydrogen-bond donors (Lipinski definition) is 2. The van der Waals surface area contributed by atoms with Crippen LogP contribution in [0.4, 0.5) is 14.5 Å². The summed E-state index contributed by atoms with van der Waals surface area (Å²) >= 11 is 0. The van der Waals surface area contributed by atoms with Crippen LogP contribution < -0.4 is 15.5 Å². The number of halogens is 3. The predicted molar refractivity (Wildman–Crippen MR) is 125 cm³/mol. The van der Waals surface area contributed by atoms with Crippen LogP contribution in [0.1, 0.15) is 45.0 Å². The van der Waals surface area contributed by atoms with Crippen LogP contribution in [0.3, 0.4) is 0 Å². The molecule has 8 nitrogen and oxygen atoms in total. The largest absolute Gasteiger partial charge is 0.371 e. The molecule has 2 unspecified atom stereocenters. The van der Waals surface area contributed by atoms with Crippen LogP contribution in [-0.4, -0.2) is 48.4 Å². The number of rotatable bonds is 8. The van der Waals surface area contributed by atoms with Gasteiger partial charge in [0, 0.05) is 32.3 Å². The van der Waals surface area contributed by atoms with E-state index in [2.05, 4.69) is 25.8 Å². The van der Waals surface area contributed by atoms with Gasteiger partial charge >= 0.3 is 0 Å². The van der Waals surface area contributed by atoms with Gasteiger partial charge in [-0.2, -0.15) is 4.98 Å². The van der Waals surface area contributed by atoms with Crippen molar-refractivity contribution in [1.29, 1.82) is 0 Å². The summed E-state index contributed by atoms with van der Waals surface area (Å²) < 4.78 is 38.8. The smallest absolute Gasteiger partial charge is 0.248 e. The molecule has 172 valence electrons. The molecule has 0 radical (unpaired) electrons. The van der Waals surface area contributed by atoms with Crippen LogP contribution in [0, 0.1) is 11.6 Å². The number of hydrogen-bond acceptors (Lipinski definition) is 6. The lowest BCUT2D eigenvalue weighted by Gasteiger charge is -2.21. The summed E-state index contributed by atoms with van der Waals surface area (Å²) in [5.41, 5.74) is 0.0190. The van der Waals surface area contributed by atoms with E-state index in [-0.39, 0.29) is 48.4 Å². The maximum atomic E-state index is 14.1. The van der Waals surface area contributed by atoms with Crippen LogP contribution in [0.25, 0.3) is 0 Å². The minimum absolute atomic E-state index is 0. The Labute approximate surface area is 197 Å². The average molecular weight is 550 g/mol. The molecule has 2 heterocycles. The number of para-hydroxylation sites is 1. The molecule has 1 fully saturated rings. The van der Waals surface area contributed by atoms with E-state index in [1.165, 1.54) is 18.2 Å². The van der Waals surface area contributed by atoms with Gasteiger partial charge in [-0.1, -0.05) is 11.2 Å². The van der Waals surface area contributed by atoms with Crippen LogP contribution >= 0.6 is 24.0 Å². The fourth-order valence-electron chi connectivity index (χ4n) is 3.35. The van der Waals surface area contributed by atoms with E-state index in [0.29, 0.717) is 43.9 Å². The third kappa shape index (κ3) is 6.73. The fourth-order valence-corrected chi connectivity index (χ4v) is 3.35. The summed E-state index contributed by atoms with van der Waals surface area (Å²) in [6.45, 7) is 8.18. The highest BCUT2D eigenvalue weighted by molar-refractivity contribution is 14.0. The summed E-state index contributed by atoms with van der Waals surface area (Å²) in [6.07, 6.45) is 0.487. The highest BCUT2D eigenvalue weighted by atomic mass is 127. The molecule has 1 saturated heterocycles. The van der Waals surface area contributed by atoms with Gasteiger partial charge in [0.15, 0.2) is 11.8 Å². The molecule has 0 aliphatic carbocycles. The first kappa shape index (κ1) is 25.2. The quantitative estimate of drug-likeness (QED) is 0.296. The van der Waals surface area contributed by atoms with Gasteiger partial charge in [-0.15, -0.1) is 24.0 Å². The second-order valence-corrected chi connectivity index (χ2v) is 6.99. The lowest BCUT2D eigenvalue weighted by atomic mass is 10.2. The third-order valence-corrected chi connectivity index (χ3v) is 4.76. The van der Waals surface area contributed by atoms with Crippen LogP contribution in [0.5, 0.6) is 0 Å². The topological polar surface area (TPSA) is 87.8 Å². The SMILES string of the molecule is CCNC(=NCc1nc(C(C)OCC)no1)NC1CCN(c2c(F)cccc2F)C1.I. The molecule has 1 aliphatic rings. The molecule has 0 saturated carbocycles. The van der Waals surface area contributed by atoms with Crippen LogP contribution in [0.15, 0.2) is 27.7 Å². The Balaban J connectivity index is 0.00000341. The van der Waals surface area contributed by atoms with Crippen molar-refractivity contribution in [1.82, 2.24) is 20.8 Å². The number of guanidine groups is 1. The number of aliphatic imine (C=N–C) groups is 1. The molecule has 2 N–H and O–H groups in total. The van der Waals surface area contributed by atoms with Crippen LogP contribution in [-0.2, 0) is 11.3 Å². The molecule has 1 aromatic carbocycles. The fraction of sp³-hybridized carbons (Fsp3) is 0.550. The number of benzene rings is 1. The Morgan fingerprint density at radius 1 is 1.35 bits per heavy atom. The maximum Gasteiger partial charge on any atom is 0.248 e. The van der Waals surface area contributed by atoms with Crippen molar-refractivity contribution in [3.8, 4) is 0 Å². The molecule has 0 amide bonds. The molecule has 1 aromatic heterocycles. The highest BCUT2D eigenvalue weighted by Gasteiger charge is 2.27. The van der Waals surface area contributed by atoms with E-state index in [4.69, 9.17) is 9.26 Å². The number of nitrogens with one attached hydrogen (secondary N) is 2. The second kappa shape index (κ2) is 12.1. The summed E-state index contributed by atoms with van der Waals surface area (Å²) in [6, 6.07) is 3.91. The molecule has 0 bridgehead atoms. The number of nitrogens with zero attached hydrogens (tertiary/aromatic N) is 4. The second-order valence-electron chi connectivity index (χ2n) is 6.99. The average Bonchev–Trinajstić information content (AvgIpc) is 3.36. The predicted octanol–water partition coefficient (Wildman–Crippen LogP) is 3.40. The number of anilines is 1. The van der Waals surface area contributed by atoms with Gasteiger partial charge in [0.25, 0.3) is 0 Å². The third-order valence-electron chi connectivity index (χ3n) is 4.76. The van der Waals surface area contributed by atoms with Crippen molar-refractivity contribution in [2.24, 2.45) is 4.99 Å². The van der Waals surface area contributed by atoms with Gasteiger partial charge in [-0.3, -0.25) is 0 Å². The molecular formula is C20H29F2IN6O2. The van der Waals surface area contributed by atoms with Crippen molar-refractivity contribution < 1.29 is 18.0 Å². The first-order valence-corrected chi connectivity index (χ1v) is 10.2. The Morgan fingerprint density at radius 2 is 2.10 bits per heavy atom. The van der Waals surface area contributed by atoms with E-state index in [1.807, 2.05) is 20.8 Å². The van der Waals surface area contributed by atoms with Gasteiger partial charge in [0.05, 0.1) is 0 Å². The van der Waals surface area contributed by atoms with Gasteiger partial charge in [-0.05, 0) is 39.3 Å². The van der Waals surface area contributed by atoms with Crippen molar-refractivity contribution in [3.63, 3.8) is 0 Å². The van der Waals surface area contributed by atoms with E-state index >= 15 is 0 Å². The first-order valence-electron chi connectivity index (χ1n) is 10.2. The van der Waals surface area contributed by atoms with E-state index < -0.39 is 11.6 Å². The molecule has 1 aliphatic heterocycles. The zero-order valence-electron chi connectivity index (χ0n) is 17.9. The van der Waals surface area contributed by atoms with Gasteiger partial charge in [-0.25, -0.2) is 13.8 Å². The van der Waals surface area contributed by atoms with E-state index in [0.717, 1.165) is 6.42 Å². The standard InChI is InChI=1S/C20H28F2N6O2.HI/c1-4-23-20(24-11-17-26-19(27-30-17)13(3)29-5-2)25-14-9-10-28(12-14)18-15(21)7-6-8-16(18)22;/h6-8,13-14H,4-5,9-12H2,1-3H3,(H2,23,24,25);1H. The summed E-state index contributed by atoms with van der Waals surface area (Å²) in [5.74, 6) is 0.346. The Kier molecular flexibility index (Phi) is 9.88. The van der Waals surface area contributed by atoms with Crippen molar-refractivity contribution in [2.75, 3.05) is 31.1 Å². The van der Waals surface area contributed by atoms with Crippen molar-refractivity contribution in [3.05, 3.63) is 41.5 Å². The van der Waals surface area contributed by atoms with Crippen molar-refractivity contribution in [2.45, 2.75) is 45.9 Å². The Morgan fingerprint density at radius 3 is 2.77 bits per heavy atom. The summed E-state index contributed by atoms with van der Waals surface area (Å²) in [5, 5.41) is 10.4. The van der Waals surface area contributed by atoms with E-state index in [1.54, 1.807) is 4.90 Å². The molecule has 2 aromatic rings. The zero-order chi connectivity index (χ0) is 21.5. The maximum absolute atomic E-state index is 14.1. The molecule has 3 rings (SSSR count). The number of ether oxygens (including phenoxy) is 1. The van der Waals surface area contributed by atoms with Crippen molar-refractivity contribution >= 4 is 35.6 Å². The van der Waals surface area contributed by atoms with Gasteiger partial charge < -0.3 is 24.8 Å². The van der Waals surface area contributed by atoms with Crippen LogP contribution in [0.2, 0.25) is 0 Å². The normalized spacial score (nSPS) is 17.4.